The summed E-state index contributed by atoms with van der Waals surface area (Å²) in [7, 11) is 1.46. The molecule has 1 heterocycles. The first-order valence-corrected chi connectivity index (χ1v) is 5.02. The van der Waals surface area contributed by atoms with Crippen LogP contribution in [0.1, 0.15) is 16.1 Å². The van der Waals surface area contributed by atoms with Gasteiger partial charge in [-0.25, -0.2) is 9.07 Å². The largest absolute Gasteiger partial charge is 0.480 e. The summed E-state index contributed by atoms with van der Waals surface area (Å²) in [6.07, 6.45) is 0.696. The minimum absolute atomic E-state index is 0.327. The van der Waals surface area contributed by atoms with Crippen molar-refractivity contribution in [3.05, 3.63) is 41.3 Å². The minimum Gasteiger partial charge on any atom is -0.480 e. The molecule has 0 saturated carbocycles. The zero-order chi connectivity index (χ0) is 12.4. The number of aryl methyl sites for hydroxylation is 1. The lowest BCUT2D eigenvalue weighted by Gasteiger charge is -2.06. The Morgan fingerprint density at radius 1 is 1.35 bits per heavy atom. The van der Waals surface area contributed by atoms with E-state index in [1.807, 2.05) is 0 Å². The number of aldehydes is 1. The number of ether oxygens (including phenoxy) is 1. The van der Waals surface area contributed by atoms with Crippen LogP contribution >= 0.6 is 0 Å². The molecule has 0 N–H and O–H groups in total. The van der Waals surface area contributed by atoms with Crippen LogP contribution in [0, 0.1) is 12.7 Å². The molecule has 0 saturated heterocycles. The summed E-state index contributed by atoms with van der Waals surface area (Å²) < 4.78 is 19.4. The lowest BCUT2D eigenvalue weighted by molar-refractivity contribution is 0.112. The molecule has 2 aromatic rings. The Morgan fingerprint density at radius 3 is 2.53 bits per heavy atom. The molecule has 0 unspecified atom stereocenters. The first-order valence-electron chi connectivity index (χ1n) is 5.02. The molecule has 0 fully saturated rings. The zero-order valence-corrected chi connectivity index (χ0v) is 9.48. The van der Waals surface area contributed by atoms with E-state index >= 15 is 0 Å². The van der Waals surface area contributed by atoms with Crippen molar-refractivity contribution in [2.75, 3.05) is 7.11 Å². The van der Waals surface area contributed by atoms with E-state index in [1.165, 1.54) is 23.9 Å². The van der Waals surface area contributed by atoms with E-state index in [1.54, 1.807) is 19.1 Å². The predicted molar refractivity (Wildman–Crippen MR) is 60.2 cm³/mol. The van der Waals surface area contributed by atoms with Gasteiger partial charge in [0.2, 0.25) is 5.88 Å². The van der Waals surface area contributed by atoms with Crippen molar-refractivity contribution in [3.63, 3.8) is 0 Å². The third-order valence-electron chi connectivity index (χ3n) is 2.44. The van der Waals surface area contributed by atoms with E-state index in [0.29, 0.717) is 29.1 Å². The normalized spacial score (nSPS) is 10.3. The van der Waals surface area contributed by atoms with Gasteiger partial charge in [0.15, 0.2) is 6.29 Å². The first-order chi connectivity index (χ1) is 8.17. The number of hydrogen-bond donors (Lipinski definition) is 0. The van der Waals surface area contributed by atoms with Gasteiger partial charge in [0.1, 0.15) is 5.82 Å². The molecule has 0 amide bonds. The van der Waals surface area contributed by atoms with Crippen LogP contribution in [0.5, 0.6) is 5.88 Å². The number of rotatable bonds is 3. The maximum absolute atomic E-state index is 12.8. The summed E-state index contributed by atoms with van der Waals surface area (Å²) in [5, 5.41) is 4.19. The highest BCUT2D eigenvalue weighted by atomic mass is 19.1. The number of carbonyl (C=O) groups is 1. The lowest BCUT2D eigenvalue weighted by Crippen LogP contribution is -2.00. The van der Waals surface area contributed by atoms with Crippen LogP contribution < -0.4 is 4.74 Å². The average Bonchev–Trinajstić information content (AvgIpc) is 2.66. The fourth-order valence-electron chi connectivity index (χ4n) is 1.61. The Kier molecular flexibility index (Phi) is 2.91. The lowest BCUT2D eigenvalue weighted by atomic mass is 10.3. The maximum Gasteiger partial charge on any atom is 0.227 e. The van der Waals surface area contributed by atoms with Crippen LogP contribution in [0.3, 0.4) is 0 Å². The maximum atomic E-state index is 12.8. The predicted octanol–water partition coefficient (Wildman–Crippen LogP) is 2.14. The molecule has 0 radical (unpaired) electrons. The van der Waals surface area contributed by atoms with Crippen LogP contribution in [-0.2, 0) is 0 Å². The van der Waals surface area contributed by atoms with E-state index in [-0.39, 0.29) is 5.82 Å². The summed E-state index contributed by atoms with van der Waals surface area (Å²) in [5.41, 5.74) is 1.61. The van der Waals surface area contributed by atoms with E-state index in [4.69, 9.17) is 4.74 Å². The second-order valence-corrected chi connectivity index (χ2v) is 3.51. The van der Waals surface area contributed by atoms with Gasteiger partial charge in [-0.3, -0.25) is 4.79 Å². The molecule has 0 atom stereocenters. The third-order valence-corrected chi connectivity index (χ3v) is 2.44. The molecule has 1 aromatic heterocycles. The van der Waals surface area contributed by atoms with E-state index < -0.39 is 0 Å². The second kappa shape index (κ2) is 4.37. The van der Waals surface area contributed by atoms with Gasteiger partial charge in [0.05, 0.1) is 24.1 Å². The Balaban J connectivity index is 2.59. The van der Waals surface area contributed by atoms with Gasteiger partial charge >= 0.3 is 0 Å². The molecule has 1 aromatic carbocycles. The summed E-state index contributed by atoms with van der Waals surface area (Å²) in [6.45, 7) is 1.71. The number of nitrogens with zero attached hydrogens (tertiary/aromatic N) is 2. The highest BCUT2D eigenvalue weighted by molar-refractivity contribution is 5.80. The third kappa shape index (κ3) is 1.91. The Labute approximate surface area is 97.6 Å². The van der Waals surface area contributed by atoms with Gasteiger partial charge in [-0.05, 0) is 31.2 Å². The van der Waals surface area contributed by atoms with Crippen molar-refractivity contribution in [1.29, 1.82) is 0 Å². The summed E-state index contributed by atoms with van der Waals surface area (Å²) in [4.78, 5) is 10.9. The fraction of sp³-hybridized carbons (Fsp3) is 0.167. The molecule has 0 aliphatic rings. The van der Waals surface area contributed by atoms with Crippen molar-refractivity contribution in [1.82, 2.24) is 9.78 Å². The molecule has 0 spiro atoms. The molecular weight excluding hydrogens is 223 g/mol. The minimum atomic E-state index is -0.327. The van der Waals surface area contributed by atoms with Crippen LogP contribution in [0.4, 0.5) is 4.39 Å². The molecule has 5 heteroatoms. The molecule has 0 aliphatic carbocycles. The number of benzene rings is 1. The SMILES string of the molecule is COc1c(C=O)c(C)nn1-c1ccc(F)cc1. The van der Waals surface area contributed by atoms with Crippen molar-refractivity contribution in [3.8, 4) is 11.6 Å². The number of aromatic nitrogens is 2. The molecule has 88 valence electrons. The molecule has 0 aliphatic heterocycles. The van der Waals surface area contributed by atoms with Gasteiger partial charge in [-0.2, -0.15) is 5.10 Å². The van der Waals surface area contributed by atoms with Gasteiger partial charge < -0.3 is 4.74 Å². The first kappa shape index (κ1) is 11.3. The van der Waals surface area contributed by atoms with Gasteiger partial charge in [0.25, 0.3) is 0 Å². The van der Waals surface area contributed by atoms with Gasteiger partial charge in [0, 0.05) is 0 Å². The van der Waals surface area contributed by atoms with Crippen molar-refractivity contribution in [2.24, 2.45) is 0 Å². The molecule has 2 rings (SSSR count). The fourth-order valence-corrected chi connectivity index (χ4v) is 1.61. The highest BCUT2D eigenvalue weighted by Crippen LogP contribution is 2.24. The molecule has 4 nitrogen and oxygen atoms in total. The molecule has 17 heavy (non-hydrogen) atoms. The number of carbonyl (C=O) groups excluding carboxylic acids is 1. The topological polar surface area (TPSA) is 44.1 Å². The summed E-state index contributed by atoms with van der Waals surface area (Å²) in [6, 6.07) is 5.79. The van der Waals surface area contributed by atoms with Crippen molar-refractivity contribution < 1.29 is 13.9 Å². The quantitative estimate of drug-likeness (QED) is 0.764. The van der Waals surface area contributed by atoms with E-state index in [2.05, 4.69) is 5.10 Å². The smallest absolute Gasteiger partial charge is 0.227 e. The standard InChI is InChI=1S/C12H11FN2O2/c1-8-11(7-16)12(17-2)15(14-8)10-5-3-9(13)4-6-10/h3-7H,1-2H3. The summed E-state index contributed by atoms with van der Waals surface area (Å²) >= 11 is 0. The van der Waals surface area contributed by atoms with Crippen LogP contribution in [0.15, 0.2) is 24.3 Å². The number of hydrogen-bond acceptors (Lipinski definition) is 3. The Bertz CT molecular complexity index is 546. The van der Waals surface area contributed by atoms with Gasteiger partial charge in [-0.15, -0.1) is 0 Å². The Morgan fingerprint density at radius 2 is 2.00 bits per heavy atom. The van der Waals surface area contributed by atoms with E-state index in [0.717, 1.165) is 0 Å². The van der Waals surface area contributed by atoms with Crippen LogP contribution in [0.2, 0.25) is 0 Å². The molecule has 0 bridgehead atoms. The zero-order valence-electron chi connectivity index (χ0n) is 9.48. The van der Waals surface area contributed by atoms with Gasteiger partial charge in [-0.1, -0.05) is 0 Å². The van der Waals surface area contributed by atoms with E-state index in [9.17, 15) is 9.18 Å². The molecular formula is C12H11FN2O2. The van der Waals surface area contributed by atoms with Crippen LogP contribution in [-0.4, -0.2) is 23.2 Å². The van der Waals surface area contributed by atoms with Crippen LogP contribution in [0.25, 0.3) is 5.69 Å². The second-order valence-electron chi connectivity index (χ2n) is 3.51. The highest BCUT2D eigenvalue weighted by Gasteiger charge is 2.16. The monoisotopic (exact) mass is 234 g/mol. The number of halogens is 1. The summed E-state index contributed by atoms with van der Waals surface area (Å²) in [5.74, 6) is 0.0244. The van der Waals surface area contributed by atoms with Crippen molar-refractivity contribution in [2.45, 2.75) is 6.92 Å². The number of methoxy groups -OCH3 is 1. The Hall–Kier alpha value is -2.17. The van der Waals surface area contributed by atoms with Crippen molar-refractivity contribution >= 4 is 6.29 Å². The average molecular weight is 234 g/mol.